The first-order chi connectivity index (χ1) is 8.06. The van der Waals surface area contributed by atoms with E-state index < -0.39 is 0 Å². The molecule has 0 aromatic heterocycles. The fourth-order valence-corrected chi connectivity index (χ4v) is 2.07. The van der Waals surface area contributed by atoms with Crippen LogP contribution in [-0.2, 0) is 0 Å². The maximum atomic E-state index is 11.9. The van der Waals surface area contributed by atoms with Crippen LogP contribution in [0.2, 0.25) is 5.02 Å². The number of anilines is 1. The van der Waals surface area contributed by atoms with E-state index in [0.29, 0.717) is 23.8 Å². The Hall–Kier alpha value is -1.26. The molecular formula is C12H16ClN3O. The van der Waals surface area contributed by atoms with Gasteiger partial charge in [0.05, 0.1) is 10.7 Å². The molecule has 17 heavy (non-hydrogen) atoms. The Morgan fingerprint density at radius 2 is 2.35 bits per heavy atom. The van der Waals surface area contributed by atoms with Crippen LogP contribution in [0.25, 0.3) is 0 Å². The average Bonchev–Trinajstić information content (AvgIpc) is 2.70. The van der Waals surface area contributed by atoms with Gasteiger partial charge in [0.15, 0.2) is 0 Å². The number of halogens is 1. The highest BCUT2D eigenvalue weighted by Crippen LogP contribution is 2.23. The summed E-state index contributed by atoms with van der Waals surface area (Å²) in [5.74, 6) is 0. The molecule has 1 heterocycles. The zero-order valence-electron chi connectivity index (χ0n) is 9.74. The highest BCUT2D eigenvalue weighted by atomic mass is 35.5. The van der Waals surface area contributed by atoms with Crippen LogP contribution >= 0.6 is 11.6 Å². The lowest BCUT2D eigenvalue weighted by Crippen LogP contribution is -2.35. The fourth-order valence-electron chi connectivity index (χ4n) is 1.90. The molecular weight excluding hydrogens is 238 g/mol. The Morgan fingerprint density at radius 1 is 1.59 bits per heavy atom. The smallest absolute Gasteiger partial charge is 0.321 e. The number of benzene rings is 1. The predicted octanol–water partition coefficient (Wildman–Crippen LogP) is 2.21. The molecule has 1 unspecified atom stereocenters. The van der Waals surface area contributed by atoms with Crippen molar-refractivity contribution >= 4 is 23.3 Å². The quantitative estimate of drug-likeness (QED) is 0.806. The van der Waals surface area contributed by atoms with E-state index in [0.717, 1.165) is 12.0 Å². The molecule has 4 nitrogen and oxygen atoms in total. The van der Waals surface area contributed by atoms with E-state index in [2.05, 4.69) is 5.32 Å². The Kier molecular flexibility index (Phi) is 3.54. The Labute approximate surface area is 106 Å². The first-order valence-electron chi connectivity index (χ1n) is 5.64. The summed E-state index contributed by atoms with van der Waals surface area (Å²) in [6.07, 6.45) is 0.856. The van der Waals surface area contributed by atoms with Gasteiger partial charge in [-0.2, -0.15) is 0 Å². The molecule has 0 aliphatic carbocycles. The molecule has 92 valence electrons. The highest BCUT2D eigenvalue weighted by molar-refractivity contribution is 6.33. The lowest BCUT2D eigenvalue weighted by molar-refractivity contribution is 0.222. The van der Waals surface area contributed by atoms with Crippen LogP contribution in [-0.4, -0.2) is 30.1 Å². The Bertz CT molecular complexity index is 436. The molecule has 1 aromatic carbocycles. The van der Waals surface area contributed by atoms with Gasteiger partial charge in [0.25, 0.3) is 0 Å². The van der Waals surface area contributed by atoms with Crippen LogP contribution in [0.15, 0.2) is 18.2 Å². The largest absolute Gasteiger partial charge is 0.326 e. The first kappa shape index (κ1) is 12.2. The minimum atomic E-state index is -0.134. The average molecular weight is 254 g/mol. The molecule has 1 aliphatic rings. The second-order valence-electron chi connectivity index (χ2n) is 4.41. The number of nitrogens with zero attached hydrogens (tertiary/aromatic N) is 1. The fraction of sp³-hybridized carbons (Fsp3) is 0.417. The maximum Gasteiger partial charge on any atom is 0.321 e. The van der Waals surface area contributed by atoms with Crippen molar-refractivity contribution in [1.29, 1.82) is 0 Å². The standard InChI is InChI=1S/C12H16ClN3O/c1-8-2-3-10(13)11(6-8)15-12(17)16-5-4-9(14)7-16/h2-3,6,9H,4-5,7,14H2,1H3,(H,15,17). The summed E-state index contributed by atoms with van der Waals surface area (Å²) in [5.41, 5.74) is 7.47. The van der Waals surface area contributed by atoms with Gasteiger partial charge >= 0.3 is 6.03 Å². The molecule has 5 heteroatoms. The van der Waals surface area contributed by atoms with Gasteiger partial charge in [0.1, 0.15) is 0 Å². The SMILES string of the molecule is Cc1ccc(Cl)c(NC(=O)N2CCC(N)C2)c1. The molecule has 0 spiro atoms. The molecule has 0 saturated carbocycles. The molecule has 1 atom stereocenters. The van der Waals surface area contributed by atoms with Crippen molar-refractivity contribution < 1.29 is 4.79 Å². The van der Waals surface area contributed by atoms with Crippen molar-refractivity contribution in [2.24, 2.45) is 5.73 Å². The Balaban J connectivity index is 2.05. The van der Waals surface area contributed by atoms with Crippen LogP contribution < -0.4 is 11.1 Å². The number of aryl methyl sites for hydroxylation is 1. The number of nitrogens with two attached hydrogens (primary N) is 1. The number of carbonyl (C=O) groups excluding carboxylic acids is 1. The summed E-state index contributed by atoms with van der Waals surface area (Å²) >= 11 is 6.02. The number of likely N-dealkylation sites (tertiary alicyclic amines) is 1. The number of rotatable bonds is 1. The number of nitrogens with one attached hydrogen (secondary N) is 1. The molecule has 2 rings (SSSR count). The second-order valence-corrected chi connectivity index (χ2v) is 4.82. The molecule has 1 aromatic rings. The van der Waals surface area contributed by atoms with Crippen molar-refractivity contribution in [3.8, 4) is 0 Å². The maximum absolute atomic E-state index is 11.9. The topological polar surface area (TPSA) is 58.4 Å². The summed E-state index contributed by atoms with van der Waals surface area (Å²) in [4.78, 5) is 13.6. The van der Waals surface area contributed by atoms with E-state index in [9.17, 15) is 4.79 Å². The molecule has 1 saturated heterocycles. The summed E-state index contributed by atoms with van der Waals surface area (Å²) < 4.78 is 0. The summed E-state index contributed by atoms with van der Waals surface area (Å²) in [7, 11) is 0. The summed E-state index contributed by atoms with van der Waals surface area (Å²) in [6.45, 7) is 3.27. The van der Waals surface area contributed by atoms with Crippen LogP contribution in [0.3, 0.4) is 0 Å². The van der Waals surface area contributed by atoms with Gasteiger partial charge in [-0.05, 0) is 31.0 Å². The number of amides is 2. The lowest BCUT2D eigenvalue weighted by Gasteiger charge is -2.17. The monoisotopic (exact) mass is 253 g/mol. The van der Waals surface area contributed by atoms with Crippen molar-refractivity contribution in [2.75, 3.05) is 18.4 Å². The van der Waals surface area contributed by atoms with Gasteiger partial charge in [-0.15, -0.1) is 0 Å². The number of hydrogen-bond donors (Lipinski definition) is 2. The molecule has 1 fully saturated rings. The van der Waals surface area contributed by atoms with Gasteiger partial charge in [0, 0.05) is 19.1 Å². The number of hydrogen-bond acceptors (Lipinski definition) is 2. The zero-order valence-corrected chi connectivity index (χ0v) is 10.5. The minimum absolute atomic E-state index is 0.0914. The van der Waals surface area contributed by atoms with Crippen molar-refractivity contribution in [3.05, 3.63) is 28.8 Å². The normalized spacial score (nSPS) is 19.5. The van der Waals surface area contributed by atoms with E-state index >= 15 is 0 Å². The van der Waals surface area contributed by atoms with Gasteiger partial charge in [-0.1, -0.05) is 17.7 Å². The summed E-state index contributed by atoms with van der Waals surface area (Å²) in [6, 6.07) is 5.50. The van der Waals surface area contributed by atoms with E-state index in [4.69, 9.17) is 17.3 Å². The van der Waals surface area contributed by atoms with Gasteiger partial charge in [0.2, 0.25) is 0 Å². The van der Waals surface area contributed by atoms with E-state index in [-0.39, 0.29) is 12.1 Å². The Morgan fingerprint density at radius 3 is 3.00 bits per heavy atom. The first-order valence-corrected chi connectivity index (χ1v) is 6.01. The second kappa shape index (κ2) is 4.94. The van der Waals surface area contributed by atoms with Crippen molar-refractivity contribution in [1.82, 2.24) is 4.90 Å². The van der Waals surface area contributed by atoms with Crippen LogP contribution in [0.5, 0.6) is 0 Å². The van der Waals surface area contributed by atoms with Gasteiger partial charge in [-0.25, -0.2) is 4.79 Å². The molecule has 1 aliphatic heterocycles. The summed E-state index contributed by atoms with van der Waals surface area (Å²) in [5, 5.41) is 3.36. The molecule has 0 radical (unpaired) electrons. The van der Waals surface area contributed by atoms with Gasteiger partial charge in [-0.3, -0.25) is 0 Å². The van der Waals surface area contributed by atoms with Crippen LogP contribution in [0.1, 0.15) is 12.0 Å². The third-order valence-electron chi connectivity index (χ3n) is 2.88. The third kappa shape index (κ3) is 2.90. The van der Waals surface area contributed by atoms with Crippen molar-refractivity contribution in [3.63, 3.8) is 0 Å². The number of carbonyl (C=O) groups is 1. The molecule has 2 amide bonds. The van der Waals surface area contributed by atoms with Crippen LogP contribution in [0, 0.1) is 6.92 Å². The predicted molar refractivity (Wildman–Crippen MR) is 69.4 cm³/mol. The lowest BCUT2D eigenvalue weighted by atomic mass is 10.2. The zero-order chi connectivity index (χ0) is 12.4. The highest BCUT2D eigenvalue weighted by Gasteiger charge is 2.23. The van der Waals surface area contributed by atoms with Gasteiger partial charge < -0.3 is 16.0 Å². The van der Waals surface area contributed by atoms with E-state index in [1.165, 1.54) is 0 Å². The minimum Gasteiger partial charge on any atom is -0.326 e. The van der Waals surface area contributed by atoms with E-state index in [1.807, 2.05) is 19.1 Å². The van der Waals surface area contributed by atoms with E-state index in [1.54, 1.807) is 11.0 Å². The molecule has 0 bridgehead atoms. The molecule has 3 N–H and O–H groups in total. The number of urea groups is 1. The van der Waals surface area contributed by atoms with Crippen molar-refractivity contribution in [2.45, 2.75) is 19.4 Å². The van der Waals surface area contributed by atoms with Crippen LogP contribution in [0.4, 0.5) is 10.5 Å². The third-order valence-corrected chi connectivity index (χ3v) is 3.20.